The van der Waals surface area contributed by atoms with Gasteiger partial charge in [-0.25, -0.2) is 4.98 Å². The van der Waals surface area contributed by atoms with Gasteiger partial charge in [-0.05, 0) is 30.5 Å². The first-order valence-corrected chi connectivity index (χ1v) is 7.30. The minimum atomic E-state index is 0.441. The van der Waals surface area contributed by atoms with E-state index in [4.69, 9.17) is 4.74 Å². The van der Waals surface area contributed by atoms with Gasteiger partial charge in [-0.3, -0.25) is 9.97 Å². The van der Waals surface area contributed by atoms with Crippen molar-refractivity contribution in [1.29, 1.82) is 0 Å². The van der Waals surface area contributed by atoms with Gasteiger partial charge >= 0.3 is 0 Å². The van der Waals surface area contributed by atoms with Crippen molar-refractivity contribution in [3.63, 3.8) is 0 Å². The van der Waals surface area contributed by atoms with Crippen molar-refractivity contribution in [3.05, 3.63) is 48.2 Å². The van der Waals surface area contributed by atoms with Crippen LogP contribution in [-0.4, -0.2) is 27.6 Å². The first kappa shape index (κ1) is 15.4. The number of aryl methyl sites for hydroxylation is 1. The molecule has 0 bridgehead atoms. The molecule has 0 aliphatic rings. The molecule has 0 aliphatic heterocycles. The predicted octanol–water partition coefficient (Wildman–Crippen LogP) is 2.38. The van der Waals surface area contributed by atoms with Gasteiger partial charge in [-0.2, -0.15) is 0 Å². The lowest BCUT2D eigenvalue weighted by Gasteiger charge is -2.08. The third-order valence-electron chi connectivity index (χ3n) is 2.98. The van der Waals surface area contributed by atoms with Crippen LogP contribution in [0.5, 0.6) is 5.88 Å². The normalized spacial score (nSPS) is 10.8. The lowest BCUT2D eigenvalue weighted by Crippen LogP contribution is -2.22. The highest BCUT2D eigenvalue weighted by Gasteiger charge is 2.00. The van der Waals surface area contributed by atoms with Gasteiger partial charge < -0.3 is 10.1 Å². The Hall–Kier alpha value is -2.01. The highest BCUT2D eigenvalue weighted by molar-refractivity contribution is 5.10. The summed E-state index contributed by atoms with van der Waals surface area (Å²) in [7, 11) is 0. The quantitative estimate of drug-likeness (QED) is 0.755. The minimum absolute atomic E-state index is 0.441. The molecule has 112 valence electrons. The van der Waals surface area contributed by atoms with Crippen LogP contribution in [0.3, 0.4) is 0 Å². The van der Waals surface area contributed by atoms with Crippen LogP contribution in [0.1, 0.15) is 31.5 Å². The van der Waals surface area contributed by atoms with E-state index < -0.39 is 0 Å². The SMILES string of the molecule is CC(C)NCc1cnc(OCCCc2ccncc2)cn1. The number of hydrogen-bond donors (Lipinski definition) is 1. The summed E-state index contributed by atoms with van der Waals surface area (Å²) in [6, 6.07) is 4.49. The zero-order valence-corrected chi connectivity index (χ0v) is 12.6. The summed E-state index contributed by atoms with van der Waals surface area (Å²) >= 11 is 0. The second-order valence-electron chi connectivity index (χ2n) is 5.19. The smallest absolute Gasteiger partial charge is 0.232 e. The Morgan fingerprint density at radius 2 is 1.95 bits per heavy atom. The molecule has 2 aromatic rings. The summed E-state index contributed by atoms with van der Waals surface area (Å²) in [6.45, 7) is 5.58. The van der Waals surface area contributed by atoms with E-state index in [9.17, 15) is 0 Å². The molecular formula is C16H22N4O. The third-order valence-corrected chi connectivity index (χ3v) is 2.98. The van der Waals surface area contributed by atoms with Gasteiger partial charge in [0, 0.05) is 25.0 Å². The Balaban J connectivity index is 1.69. The highest BCUT2D eigenvalue weighted by atomic mass is 16.5. The first-order chi connectivity index (χ1) is 10.2. The van der Waals surface area contributed by atoms with E-state index in [0.717, 1.165) is 25.1 Å². The van der Waals surface area contributed by atoms with Crippen molar-refractivity contribution in [2.24, 2.45) is 0 Å². The van der Waals surface area contributed by atoms with E-state index in [0.29, 0.717) is 18.5 Å². The summed E-state index contributed by atoms with van der Waals surface area (Å²) in [5.41, 5.74) is 2.20. The zero-order chi connectivity index (χ0) is 14.9. The molecule has 0 aromatic carbocycles. The summed E-state index contributed by atoms with van der Waals surface area (Å²) in [5.74, 6) is 0.582. The van der Waals surface area contributed by atoms with E-state index in [1.165, 1.54) is 5.56 Å². The maximum Gasteiger partial charge on any atom is 0.232 e. The number of hydrogen-bond acceptors (Lipinski definition) is 5. The molecule has 0 unspecified atom stereocenters. The monoisotopic (exact) mass is 286 g/mol. The largest absolute Gasteiger partial charge is 0.477 e. The molecule has 0 amide bonds. The van der Waals surface area contributed by atoms with E-state index in [2.05, 4.69) is 34.1 Å². The molecule has 0 radical (unpaired) electrons. The molecule has 1 N–H and O–H groups in total. The fourth-order valence-electron chi connectivity index (χ4n) is 1.82. The van der Waals surface area contributed by atoms with Gasteiger partial charge in [0.2, 0.25) is 5.88 Å². The molecule has 0 aliphatic carbocycles. The van der Waals surface area contributed by atoms with Crippen molar-refractivity contribution < 1.29 is 4.74 Å². The van der Waals surface area contributed by atoms with Crippen molar-refractivity contribution in [2.45, 2.75) is 39.3 Å². The minimum Gasteiger partial charge on any atom is -0.477 e. The van der Waals surface area contributed by atoms with Gasteiger partial charge in [0.1, 0.15) is 0 Å². The molecule has 21 heavy (non-hydrogen) atoms. The molecule has 2 aromatic heterocycles. The molecule has 0 saturated carbocycles. The number of aromatic nitrogens is 3. The summed E-state index contributed by atoms with van der Waals surface area (Å²) in [5, 5.41) is 3.30. The number of rotatable bonds is 8. The summed E-state index contributed by atoms with van der Waals surface area (Å²) < 4.78 is 5.60. The fourth-order valence-corrected chi connectivity index (χ4v) is 1.82. The molecule has 5 heteroatoms. The number of nitrogens with one attached hydrogen (secondary N) is 1. The maximum absolute atomic E-state index is 5.60. The average molecular weight is 286 g/mol. The van der Waals surface area contributed by atoms with Gasteiger partial charge in [0.15, 0.2) is 0 Å². The Morgan fingerprint density at radius 1 is 1.14 bits per heavy atom. The zero-order valence-electron chi connectivity index (χ0n) is 12.6. The van der Waals surface area contributed by atoms with Crippen LogP contribution >= 0.6 is 0 Å². The Labute approximate surface area is 125 Å². The lowest BCUT2D eigenvalue weighted by molar-refractivity contribution is 0.297. The molecule has 0 fully saturated rings. The van der Waals surface area contributed by atoms with Crippen molar-refractivity contribution in [1.82, 2.24) is 20.3 Å². The van der Waals surface area contributed by atoms with Crippen LogP contribution in [0.4, 0.5) is 0 Å². The van der Waals surface area contributed by atoms with Crippen LogP contribution < -0.4 is 10.1 Å². The second-order valence-corrected chi connectivity index (χ2v) is 5.19. The molecule has 2 rings (SSSR count). The molecular weight excluding hydrogens is 264 g/mol. The Morgan fingerprint density at radius 3 is 2.62 bits per heavy atom. The molecule has 2 heterocycles. The Kier molecular flexibility index (Phi) is 6.09. The third kappa shape index (κ3) is 5.87. The van der Waals surface area contributed by atoms with E-state index in [1.54, 1.807) is 12.4 Å². The van der Waals surface area contributed by atoms with Crippen molar-refractivity contribution >= 4 is 0 Å². The van der Waals surface area contributed by atoms with Gasteiger partial charge in [-0.15, -0.1) is 0 Å². The number of nitrogens with zero attached hydrogens (tertiary/aromatic N) is 3. The van der Waals surface area contributed by atoms with Gasteiger partial charge in [0.25, 0.3) is 0 Å². The van der Waals surface area contributed by atoms with E-state index in [-0.39, 0.29) is 0 Å². The number of pyridine rings is 1. The standard InChI is InChI=1S/C16H22N4O/c1-13(2)18-10-15-11-20-16(12-19-15)21-9-3-4-14-5-7-17-8-6-14/h5-8,11-13,18H,3-4,9-10H2,1-2H3. The molecule has 0 atom stereocenters. The molecule has 5 nitrogen and oxygen atoms in total. The van der Waals surface area contributed by atoms with Crippen molar-refractivity contribution in [2.75, 3.05) is 6.61 Å². The van der Waals surface area contributed by atoms with Gasteiger partial charge in [-0.1, -0.05) is 13.8 Å². The van der Waals surface area contributed by atoms with Crippen LogP contribution in [0.25, 0.3) is 0 Å². The highest BCUT2D eigenvalue weighted by Crippen LogP contribution is 2.06. The van der Waals surface area contributed by atoms with E-state index in [1.807, 2.05) is 24.5 Å². The topological polar surface area (TPSA) is 59.9 Å². The van der Waals surface area contributed by atoms with Crippen LogP contribution in [-0.2, 0) is 13.0 Å². The predicted molar refractivity (Wildman–Crippen MR) is 82.1 cm³/mol. The number of ether oxygens (including phenoxy) is 1. The summed E-state index contributed by atoms with van der Waals surface area (Å²) in [6.07, 6.45) is 8.99. The van der Waals surface area contributed by atoms with Crippen LogP contribution in [0.2, 0.25) is 0 Å². The van der Waals surface area contributed by atoms with E-state index >= 15 is 0 Å². The average Bonchev–Trinajstić information content (AvgIpc) is 2.52. The first-order valence-electron chi connectivity index (χ1n) is 7.30. The van der Waals surface area contributed by atoms with Crippen LogP contribution in [0.15, 0.2) is 36.9 Å². The lowest BCUT2D eigenvalue weighted by atomic mass is 10.1. The molecule has 0 saturated heterocycles. The Bertz CT molecular complexity index is 514. The van der Waals surface area contributed by atoms with Gasteiger partial charge in [0.05, 0.1) is 24.7 Å². The molecule has 0 spiro atoms. The summed E-state index contributed by atoms with van der Waals surface area (Å²) in [4.78, 5) is 12.6. The fraction of sp³-hybridized carbons (Fsp3) is 0.438. The second kappa shape index (κ2) is 8.32. The van der Waals surface area contributed by atoms with Crippen LogP contribution in [0, 0.1) is 0 Å². The van der Waals surface area contributed by atoms with Crippen molar-refractivity contribution in [3.8, 4) is 5.88 Å². The maximum atomic E-state index is 5.60.